The molecule has 0 fully saturated rings. The van der Waals surface area contributed by atoms with E-state index in [4.69, 9.17) is 0 Å². The van der Waals surface area contributed by atoms with Crippen LogP contribution in [0.4, 0.5) is 0 Å². The van der Waals surface area contributed by atoms with Gasteiger partial charge in [0.1, 0.15) is 0 Å². The second-order valence-corrected chi connectivity index (χ2v) is 2.38. The molecule has 0 saturated carbocycles. The summed E-state index contributed by atoms with van der Waals surface area (Å²) in [7, 11) is 0. The molecule has 11 heavy (non-hydrogen) atoms. The summed E-state index contributed by atoms with van der Waals surface area (Å²) >= 11 is 0. The lowest BCUT2D eigenvalue weighted by Gasteiger charge is -1.94. The molecule has 0 bridgehead atoms. The smallest absolute Gasteiger partial charge is 0.0677 e. The van der Waals surface area contributed by atoms with Crippen LogP contribution in [0.3, 0.4) is 0 Å². The Morgan fingerprint density at radius 3 is 3.00 bits per heavy atom. The lowest BCUT2D eigenvalue weighted by atomic mass is 10.2. The predicted octanol–water partition coefficient (Wildman–Crippen LogP) is 1.90. The van der Waals surface area contributed by atoms with Crippen molar-refractivity contribution in [1.29, 1.82) is 0 Å². The minimum atomic E-state index is 0.949. The summed E-state index contributed by atoms with van der Waals surface area (Å²) in [6, 6.07) is 3.94. The fourth-order valence-corrected chi connectivity index (χ4v) is 1.07. The Balaban J connectivity index is 2.37. The minimum Gasteiger partial charge on any atom is -0.264 e. The highest BCUT2D eigenvalue weighted by molar-refractivity contribution is 5.80. The van der Waals surface area contributed by atoms with Crippen LogP contribution in [-0.4, -0.2) is 11.2 Å². The highest BCUT2D eigenvalue weighted by atomic mass is 14.8. The van der Waals surface area contributed by atoms with Gasteiger partial charge in [-0.1, -0.05) is 6.08 Å². The molecule has 2 nitrogen and oxygen atoms in total. The fourth-order valence-electron chi connectivity index (χ4n) is 1.07. The van der Waals surface area contributed by atoms with E-state index in [1.807, 2.05) is 24.5 Å². The van der Waals surface area contributed by atoms with E-state index in [1.54, 1.807) is 6.20 Å². The molecule has 0 atom stereocenters. The lowest BCUT2D eigenvalue weighted by Crippen LogP contribution is -1.78. The van der Waals surface area contributed by atoms with E-state index < -0.39 is 0 Å². The Bertz CT molecular complexity index is 299. The standard InChI is InChI=1S/C9H8N2/c1-3-8(7-10-5-1)9-4-2-6-11-9/h1,3-7H,2H2. The molecule has 2 heterocycles. The van der Waals surface area contributed by atoms with Gasteiger partial charge in [-0.15, -0.1) is 0 Å². The summed E-state index contributed by atoms with van der Waals surface area (Å²) in [4.78, 5) is 8.22. The number of hydrogen-bond acceptors (Lipinski definition) is 2. The largest absolute Gasteiger partial charge is 0.264 e. The van der Waals surface area contributed by atoms with Crippen molar-refractivity contribution in [1.82, 2.24) is 4.98 Å². The van der Waals surface area contributed by atoms with Crippen LogP contribution < -0.4 is 0 Å². The van der Waals surface area contributed by atoms with Gasteiger partial charge >= 0.3 is 0 Å². The van der Waals surface area contributed by atoms with Crippen molar-refractivity contribution in [3.05, 3.63) is 36.2 Å². The van der Waals surface area contributed by atoms with Gasteiger partial charge in [0.25, 0.3) is 0 Å². The quantitative estimate of drug-likeness (QED) is 0.591. The van der Waals surface area contributed by atoms with Crippen LogP contribution in [0.5, 0.6) is 0 Å². The number of pyridine rings is 1. The van der Waals surface area contributed by atoms with Crippen LogP contribution >= 0.6 is 0 Å². The maximum absolute atomic E-state index is 4.20. The lowest BCUT2D eigenvalue weighted by molar-refractivity contribution is 1.30. The molecular weight excluding hydrogens is 136 g/mol. The minimum absolute atomic E-state index is 0.949. The average Bonchev–Trinajstić information content (AvgIpc) is 2.58. The third-order valence-electron chi connectivity index (χ3n) is 1.60. The molecule has 0 aromatic carbocycles. The Morgan fingerprint density at radius 2 is 2.36 bits per heavy atom. The Labute approximate surface area is 65.3 Å². The SMILES string of the molecule is C1=NC(c2cccnc2)=CC1. The zero-order chi connectivity index (χ0) is 7.52. The van der Waals surface area contributed by atoms with Crippen molar-refractivity contribution in [2.75, 3.05) is 0 Å². The van der Waals surface area contributed by atoms with E-state index in [2.05, 4.69) is 16.1 Å². The molecule has 1 aliphatic rings. The summed E-state index contributed by atoms with van der Waals surface area (Å²) in [5.74, 6) is 0. The molecule has 0 amide bonds. The third-order valence-corrected chi connectivity index (χ3v) is 1.60. The number of nitrogens with zero attached hydrogens (tertiary/aromatic N) is 2. The molecule has 1 aromatic rings. The van der Waals surface area contributed by atoms with Gasteiger partial charge in [-0.25, -0.2) is 0 Å². The number of hydrogen-bond donors (Lipinski definition) is 0. The van der Waals surface area contributed by atoms with E-state index in [0.29, 0.717) is 0 Å². The summed E-state index contributed by atoms with van der Waals surface area (Å²) in [6.07, 6.45) is 8.54. The van der Waals surface area contributed by atoms with Gasteiger partial charge in [0.15, 0.2) is 0 Å². The average molecular weight is 144 g/mol. The monoisotopic (exact) mass is 144 g/mol. The Hall–Kier alpha value is -1.44. The number of allylic oxidation sites excluding steroid dienone is 1. The molecule has 0 radical (unpaired) electrons. The van der Waals surface area contributed by atoms with Crippen LogP contribution in [0.1, 0.15) is 12.0 Å². The van der Waals surface area contributed by atoms with E-state index in [0.717, 1.165) is 17.7 Å². The van der Waals surface area contributed by atoms with Crippen LogP contribution in [-0.2, 0) is 0 Å². The van der Waals surface area contributed by atoms with E-state index in [-0.39, 0.29) is 0 Å². The fraction of sp³-hybridized carbons (Fsp3) is 0.111. The number of aromatic nitrogens is 1. The highest BCUT2D eigenvalue weighted by Gasteiger charge is 2.00. The zero-order valence-electron chi connectivity index (χ0n) is 6.07. The number of aliphatic imine (C=N–C) groups is 1. The topological polar surface area (TPSA) is 25.2 Å². The van der Waals surface area contributed by atoms with Gasteiger partial charge < -0.3 is 0 Å². The van der Waals surface area contributed by atoms with Crippen LogP contribution in [0.25, 0.3) is 5.70 Å². The molecule has 0 spiro atoms. The molecule has 2 rings (SSSR count). The molecular formula is C9H8N2. The summed E-state index contributed by atoms with van der Waals surface area (Å²) in [6.45, 7) is 0. The molecule has 1 aliphatic heterocycles. The van der Waals surface area contributed by atoms with Gasteiger partial charge in [0.05, 0.1) is 5.70 Å². The van der Waals surface area contributed by atoms with Crippen LogP contribution in [0, 0.1) is 0 Å². The second kappa shape index (κ2) is 2.66. The van der Waals surface area contributed by atoms with E-state index >= 15 is 0 Å². The first-order valence-electron chi connectivity index (χ1n) is 3.60. The van der Waals surface area contributed by atoms with Crippen molar-refractivity contribution >= 4 is 11.9 Å². The molecule has 0 N–H and O–H groups in total. The third kappa shape index (κ3) is 1.19. The first kappa shape index (κ1) is 6.28. The summed E-state index contributed by atoms with van der Waals surface area (Å²) in [5.41, 5.74) is 2.14. The number of rotatable bonds is 1. The Kier molecular flexibility index (Phi) is 1.52. The maximum Gasteiger partial charge on any atom is 0.0677 e. The summed E-state index contributed by atoms with van der Waals surface area (Å²) in [5, 5.41) is 0. The summed E-state index contributed by atoms with van der Waals surface area (Å²) < 4.78 is 0. The maximum atomic E-state index is 4.20. The van der Waals surface area contributed by atoms with Crippen molar-refractivity contribution in [3.8, 4) is 0 Å². The van der Waals surface area contributed by atoms with Crippen molar-refractivity contribution < 1.29 is 0 Å². The molecule has 2 heteroatoms. The van der Waals surface area contributed by atoms with Gasteiger partial charge in [-0.3, -0.25) is 9.98 Å². The van der Waals surface area contributed by atoms with Gasteiger partial charge in [-0.05, 0) is 12.1 Å². The normalized spacial score (nSPS) is 15.1. The second-order valence-electron chi connectivity index (χ2n) is 2.38. The van der Waals surface area contributed by atoms with Crippen molar-refractivity contribution in [3.63, 3.8) is 0 Å². The first-order valence-corrected chi connectivity index (χ1v) is 3.60. The zero-order valence-corrected chi connectivity index (χ0v) is 6.07. The van der Waals surface area contributed by atoms with Gasteiger partial charge in [0, 0.05) is 30.6 Å². The molecule has 54 valence electrons. The van der Waals surface area contributed by atoms with Crippen LogP contribution in [0.15, 0.2) is 35.6 Å². The predicted molar refractivity (Wildman–Crippen MR) is 45.3 cm³/mol. The molecule has 1 aromatic heterocycles. The Morgan fingerprint density at radius 1 is 1.36 bits per heavy atom. The van der Waals surface area contributed by atoms with Gasteiger partial charge in [0.2, 0.25) is 0 Å². The van der Waals surface area contributed by atoms with Gasteiger partial charge in [-0.2, -0.15) is 0 Å². The molecule has 0 saturated heterocycles. The van der Waals surface area contributed by atoms with E-state index in [1.165, 1.54) is 0 Å². The van der Waals surface area contributed by atoms with E-state index in [9.17, 15) is 0 Å². The molecule has 0 aliphatic carbocycles. The highest BCUT2D eigenvalue weighted by Crippen LogP contribution is 2.17. The van der Waals surface area contributed by atoms with Crippen molar-refractivity contribution in [2.24, 2.45) is 4.99 Å². The first-order chi connectivity index (χ1) is 5.47. The molecule has 0 unspecified atom stereocenters. The van der Waals surface area contributed by atoms with Crippen LogP contribution in [0.2, 0.25) is 0 Å². The van der Waals surface area contributed by atoms with Crippen molar-refractivity contribution in [2.45, 2.75) is 6.42 Å².